The first-order chi connectivity index (χ1) is 16.1. The fraction of sp³-hybridized carbons (Fsp3) is 0.364. The van der Waals surface area contributed by atoms with Crippen LogP contribution in [0.4, 0.5) is 20.2 Å². The zero-order chi connectivity index (χ0) is 24.9. The summed E-state index contributed by atoms with van der Waals surface area (Å²) in [4.78, 5) is 26.3. The Hall–Kier alpha value is -3.25. The van der Waals surface area contributed by atoms with Gasteiger partial charge in [-0.2, -0.15) is 0 Å². The third kappa shape index (κ3) is 6.20. The molecule has 1 saturated heterocycles. The van der Waals surface area contributed by atoms with Crippen molar-refractivity contribution in [1.82, 2.24) is 10.2 Å². The van der Waals surface area contributed by atoms with E-state index < -0.39 is 32.5 Å². The maximum absolute atomic E-state index is 14.1. The number of rotatable bonds is 9. The second-order valence-electron chi connectivity index (χ2n) is 7.83. The van der Waals surface area contributed by atoms with Crippen LogP contribution in [0.15, 0.2) is 41.3 Å². The number of carbonyl (C=O) groups is 2. The molecule has 1 aliphatic rings. The molecule has 2 aromatic rings. The summed E-state index contributed by atoms with van der Waals surface area (Å²) < 4.78 is 55.5. The van der Waals surface area contributed by atoms with Crippen molar-refractivity contribution in [2.24, 2.45) is 0 Å². The molecular weight excluding hydrogens is 470 g/mol. The molecule has 0 aromatic heterocycles. The monoisotopic (exact) mass is 496 g/mol. The van der Waals surface area contributed by atoms with Gasteiger partial charge in [-0.05, 0) is 42.8 Å². The number of benzene rings is 2. The Bertz CT molecular complexity index is 1170. The molecule has 0 saturated carbocycles. The zero-order valence-electron chi connectivity index (χ0n) is 18.6. The standard InChI is InChI=1S/C22H26F2N4O5S/c1-2-7-25-21(29)14-27-8-10-28(11-9-27)19-6-3-15(22(30)31)12-18(19)26-34(32,33)20-13-16(23)4-5-17(20)24/h3-6,12-13,26H,2,7-11,14H2,1H3,(H,25,29)(H,30,31). The molecule has 184 valence electrons. The second kappa shape index (κ2) is 10.8. The van der Waals surface area contributed by atoms with Gasteiger partial charge in [-0.25, -0.2) is 22.0 Å². The lowest BCUT2D eigenvalue weighted by atomic mass is 10.1. The molecule has 3 rings (SSSR count). The van der Waals surface area contributed by atoms with Crippen LogP contribution in [0.1, 0.15) is 23.7 Å². The van der Waals surface area contributed by atoms with Crippen LogP contribution in [0, 0.1) is 11.6 Å². The van der Waals surface area contributed by atoms with Crippen LogP contribution < -0.4 is 14.9 Å². The van der Waals surface area contributed by atoms with E-state index in [9.17, 15) is 31.9 Å². The van der Waals surface area contributed by atoms with Crippen molar-refractivity contribution < 1.29 is 31.9 Å². The summed E-state index contributed by atoms with van der Waals surface area (Å²) in [6.45, 7) is 4.72. The van der Waals surface area contributed by atoms with E-state index in [2.05, 4.69) is 10.0 Å². The summed E-state index contributed by atoms with van der Waals surface area (Å²) in [6.07, 6.45) is 0.837. The average molecular weight is 497 g/mol. The number of carboxylic acids is 1. The van der Waals surface area contributed by atoms with Gasteiger partial charge in [0.15, 0.2) is 0 Å². The van der Waals surface area contributed by atoms with Gasteiger partial charge in [0.25, 0.3) is 10.0 Å². The van der Waals surface area contributed by atoms with E-state index in [0.29, 0.717) is 50.5 Å². The molecule has 1 amide bonds. The van der Waals surface area contributed by atoms with Gasteiger partial charge in [-0.1, -0.05) is 6.92 Å². The van der Waals surface area contributed by atoms with Crippen molar-refractivity contribution in [3.05, 3.63) is 53.6 Å². The minimum atomic E-state index is -4.55. The van der Waals surface area contributed by atoms with E-state index in [0.717, 1.165) is 18.6 Å². The molecule has 1 heterocycles. The Labute approximate surface area is 196 Å². The number of carboxylic acid groups (broad SMARTS) is 1. The normalized spacial score (nSPS) is 14.6. The highest BCUT2D eigenvalue weighted by molar-refractivity contribution is 7.92. The predicted octanol–water partition coefficient (Wildman–Crippen LogP) is 2.11. The summed E-state index contributed by atoms with van der Waals surface area (Å²) >= 11 is 0. The van der Waals surface area contributed by atoms with Crippen molar-refractivity contribution in [3.63, 3.8) is 0 Å². The molecule has 0 spiro atoms. The first-order valence-electron chi connectivity index (χ1n) is 10.7. The number of carbonyl (C=O) groups excluding carboxylic acids is 1. The fourth-order valence-corrected chi connectivity index (χ4v) is 4.74. The number of aromatic carboxylic acids is 1. The molecule has 0 radical (unpaired) electrons. The summed E-state index contributed by atoms with van der Waals surface area (Å²) in [5.41, 5.74) is 0.144. The van der Waals surface area contributed by atoms with Crippen LogP contribution in [0.25, 0.3) is 0 Å². The van der Waals surface area contributed by atoms with Crippen molar-refractivity contribution in [2.75, 3.05) is 48.9 Å². The van der Waals surface area contributed by atoms with Crippen LogP contribution in [0.3, 0.4) is 0 Å². The van der Waals surface area contributed by atoms with E-state index in [1.54, 1.807) is 0 Å². The molecule has 1 fully saturated rings. The van der Waals surface area contributed by atoms with E-state index >= 15 is 0 Å². The Kier molecular flexibility index (Phi) is 8.05. The number of hydrogen-bond acceptors (Lipinski definition) is 6. The molecule has 34 heavy (non-hydrogen) atoms. The van der Waals surface area contributed by atoms with Gasteiger partial charge in [-0.15, -0.1) is 0 Å². The number of nitrogens with zero attached hydrogens (tertiary/aromatic N) is 2. The molecule has 1 aliphatic heterocycles. The molecule has 0 atom stereocenters. The average Bonchev–Trinajstić information content (AvgIpc) is 2.79. The molecule has 2 aromatic carbocycles. The second-order valence-corrected chi connectivity index (χ2v) is 9.48. The van der Waals surface area contributed by atoms with Crippen LogP contribution in [-0.2, 0) is 14.8 Å². The highest BCUT2D eigenvalue weighted by atomic mass is 32.2. The number of halogens is 2. The minimum absolute atomic E-state index is 0.0716. The van der Waals surface area contributed by atoms with Crippen LogP contribution in [0.2, 0.25) is 0 Å². The van der Waals surface area contributed by atoms with Crippen molar-refractivity contribution in [1.29, 1.82) is 0 Å². The topological polar surface area (TPSA) is 119 Å². The molecule has 3 N–H and O–H groups in total. The Balaban J connectivity index is 1.82. The summed E-state index contributed by atoms with van der Waals surface area (Å²) in [7, 11) is -4.55. The minimum Gasteiger partial charge on any atom is -0.478 e. The maximum atomic E-state index is 14.1. The lowest BCUT2D eigenvalue weighted by molar-refractivity contribution is -0.122. The summed E-state index contributed by atoms with van der Waals surface area (Å²) in [5, 5.41) is 12.2. The van der Waals surface area contributed by atoms with Crippen LogP contribution in [-0.4, -0.2) is 69.6 Å². The van der Waals surface area contributed by atoms with Gasteiger partial charge in [0.1, 0.15) is 16.5 Å². The molecule has 0 unspecified atom stereocenters. The lowest BCUT2D eigenvalue weighted by Gasteiger charge is -2.36. The number of anilines is 2. The predicted molar refractivity (Wildman–Crippen MR) is 123 cm³/mol. The van der Waals surface area contributed by atoms with Gasteiger partial charge in [-0.3, -0.25) is 14.4 Å². The smallest absolute Gasteiger partial charge is 0.335 e. The zero-order valence-corrected chi connectivity index (χ0v) is 19.4. The van der Waals surface area contributed by atoms with Gasteiger partial charge < -0.3 is 15.3 Å². The van der Waals surface area contributed by atoms with E-state index in [1.807, 2.05) is 16.7 Å². The summed E-state index contributed by atoms with van der Waals surface area (Å²) in [5.74, 6) is -3.42. The fourth-order valence-electron chi connectivity index (χ4n) is 3.58. The number of hydrogen-bond donors (Lipinski definition) is 3. The lowest BCUT2D eigenvalue weighted by Crippen LogP contribution is -2.49. The molecule has 0 bridgehead atoms. The van der Waals surface area contributed by atoms with E-state index in [1.165, 1.54) is 12.1 Å². The first-order valence-corrected chi connectivity index (χ1v) is 12.2. The largest absolute Gasteiger partial charge is 0.478 e. The highest BCUT2D eigenvalue weighted by Gasteiger charge is 2.25. The van der Waals surface area contributed by atoms with Crippen LogP contribution >= 0.6 is 0 Å². The number of nitrogens with one attached hydrogen (secondary N) is 2. The van der Waals surface area contributed by atoms with Gasteiger partial charge in [0.05, 0.1) is 23.5 Å². The number of piperazine rings is 1. The van der Waals surface area contributed by atoms with E-state index in [4.69, 9.17) is 0 Å². The Morgan fingerprint density at radius 2 is 1.76 bits per heavy atom. The van der Waals surface area contributed by atoms with Crippen molar-refractivity contribution in [3.8, 4) is 0 Å². The summed E-state index contributed by atoms with van der Waals surface area (Å²) in [6, 6.07) is 5.99. The van der Waals surface area contributed by atoms with Crippen molar-refractivity contribution >= 4 is 33.3 Å². The molecule has 9 nitrogen and oxygen atoms in total. The SMILES string of the molecule is CCCNC(=O)CN1CCN(c2ccc(C(=O)O)cc2NS(=O)(=O)c2cc(F)ccc2F)CC1. The Morgan fingerprint density at radius 1 is 1.06 bits per heavy atom. The van der Waals surface area contributed by atoms with Crippen LogP contribution in [0.5, 0.6) is 0 Å². The van der Waals surface area contributed by atoms with Crippen molar-refractivity contribution in [2.45, 2.75) is 18.2 Å². The van der Waals surface area contributed by atoms with Gasteiger partial charge in [0.2, 0.25) is 5.91 Å². The molecule has 0 aliphatic carbocycles. The first kappa shape index (κ1) is 25.4. The van der Waals surface area contributed by atoms with E-state index in [-0.39, 0.29) is 23.7 Å². The number of amides is 1. The quantitative estimate of drug-likeness (QED) is 0.487. The maximum Gasteiger partial charge on any atom is 0.335 e. The highest BCUT2D eigenvalue weighted by Crippen LogP contribution is 2.31. The third-order valence-electron chi connectivity index (χ3n) is 5.32. The number of sulfonamides is 1. The van der Waals surface area contributed by atoms with Gasteiger partial charge in [0, 0.05) is 32.7 Å². The molecule has 12 heteroatoms. The molecular formula is C22H26F2N4O5S. The third-order valence-corrected chi connectivity index (χ3v) is 6.70. The van der Waals surface area contributed by atoms with Gasteiger partial charge >= 0.3 is 5.97 Å². The Morgan fingerprint density at radius 3 is 2.41 bits per heavy atom.